The molecule has 3 aliphatic rings. The normalized spacial score (nSPS) is 27.8. The van der Waals surface area contributed by atoms with Gasteiger partial charge in [-0.25, -0.2) is 0 Å². The van der Waals surface area contributed by atoms with Crippen LogP contribution >= 0.6 is 34.8 Å². The molecule has 0 spiro atoms. The molecule has 7 aromatic carbocycles. The van der Waals surface area contributed by atoms with E-state index in [4.69, 9.17) is 84.2 Å². The molecule has 10 rings (SSSR count). The zero-order chi connectivity index (χ0) is 57.6. The predicted molar refractivity (Wildman–Crippen MR) is 349 cm³/mol. The Morgan fingerprint density at radius 1 is 0.268 bits per heavy atom. The van der Waals surface area contributed by atoms with Crippen molar-refractivity contribution >= 4 is 158 Å². The molecular weight excluding hydrogens is 1260 g/mol. The third-order valence-electron chi connectivity index (χ3n) is 14.3. The van der Waals surface area contributed by atoms with Crippen LogP contribution in [0.4, 0.5) is 0 Å². The molecule has 0 radical (unpaired) electrons. The van der Waals surface area contributed by atoms with Crippen molar-refractivity contribution in [2.24, 2.45) is 0 Å². The zero-order valence-electron chi connectivity index (χ0n) is 47.1. The van der Waals surface area contributed by atoms with Crippen LogP contribution in [0.15, 0.2) is 212 Å². The maximum Gasteiger partial charge on any atom is 0.515 e. The van der Waals surface area contributed by atoms with Crippen LogP contribution in [0.1, 0.15) is 19.3 Å². The minimum absolute atomic E-state index is 0.424. The quantitative estimate of drug-likeness (QED) is 0.0476. The summed E-state index contributed by atoms with van der Waals surface area (Å²) in [6, 6.07) is 70.7. The number of halogens is 3. The van der Waals surface area contributed by atoms with Gasteiger partial charge in [0.15, 0.2) is 25.0 Å². The van der Waals surface area contributed by atoms with Gasteiger partial charge in [-0.2, -0.15) is 0 Å². The van der Waals surface area contributed by atoms with Crippen LogP contribution in [0.25, 0.3) is 0 Å². The standard InChI is InChI=1S/C57H71Cl3O12Si10/c1-73(2,48-28-45-58)61-76(51-31-14-7-15-32-51)64-79(54-37-20-10-21-38-54)66-77(52-33-16-8-17-34-52,62-74(3,4)49-29-46-59)68-81(56-41-24-12-25-42-56)69-78(53-35-18-9-19-36-53,63-75(5,6)50-30-47-60)67-80(65-76,55-39-22-11-23-40-55)71-82(70-79,72-81)57-43-26-13-27-44-57/h7-27,31-44H,28-30,45-50H2,1-6H3. The molecule has 25 heteroatoms. The second-order valence-electron chi connectivity index (χ2n) is 22.3. The lowest BCUT2D eigenvalue weighted by atomic mass is 10.4. The molecule has 0 aliphatic carbocycles. The molecule has 3 heterocycles. The molecule has 3 fully saturated rings. The van der Waals surface area contributed by atoms with Crippen LogP contribution in [0.2, 0.25) is 57.4 Å². The van der Waals surface area contributed by atoms with Crippen molar-refractivity contribution in [3.05, 3.63) is 212 Å². The van der Waals surface area contributed by atoms with E-state index in [0.717, 1.165) is 0 Å². The van der Waals surface area contributed by atoms with Gasteiger partial charge in [0.2, 0.25) is 0 Å². The van der Waals surface area contributed by atoms with Gasteiger partial charge in [0, 0.05) is 53.9 Å². The Bertz CT molecular complexity index is 2840. The highest BCUT2D eigenvalue weighted by atomic mass is 35.5. The Balaban J connectivity index is 1.46. The topological polar surface area (TPSA) is 111 Å². The van der Waals surface area contributed by atoms with Gasteiger partial charge in [-0.15, -0.1) is 34.8 Å². The third-order valence-corrected chi connectivity index (χ3v) is 56.2. The number of hydrogen-bond donors (Lipinski definition) is 0. The van der Waals surface area contributed by atoms with Crippen molar-refractivity contribution in [3.63, 3.8) is 0 Å². The molecule has 0 aromatic heterocycles. The summed E-state index contributed by atoms with van der Waals surface area (Å²) >= 11 is 19.8. The van der Waals surface area contributed by atoms with E-state index in [-0.39, 0.29) is 0 Å². The molecule has 7 aromatic rings. The first kappa shape index (κ1) is 62.2. The summed E-state index contributed by atoms with van der Waals surface area (Å²) in [6.07, 6.45) is 2.02. The van der Waals surface area contributed by atoms with Gasteiger partial charge >= 0.3 is 61.6 Å². The summed E-state index contributed by atoms with van der Waals surface area (Å²) in [7, 11) is -43.3. The highest BCUT2D eigenvalue weighted by Crippen LogP contribution is 2.45. The van der Waals surface area contributed by atoms with Crippen molar-refractivity contribution in [1.82, 2.24) is 0 Å². The molecule has 0 atom stereocenters. The number of fused-ring (bicyclic) bond motifs is 3. The number of hydrogen-bond acceptors (Lipinski definition) is 12. The predicted octanol–water partition coefficient (Wildman–Crippen LogP) is 9.65. The van der Waals surface area contributed by atoms with E-state index in [1.165, 1.54) is 0 Å². The zero-order valence-corrected chi connectivity index (χ0v) is 59.4. The van der Waals surface area contributed by atoms with E-state index in [1.54, 1.807) is 0 Å². The van der Waals surface area contributed by atoms with Crippen LogP contribution in [0, 0.1) is 0 Å². The highest BCUT2D eigenvalue weighted by Gasteiger charge is 2.81. The largest absolute Gasteiger partial charge is 0.515 e. The summed E-state index contributed by atoms with van der Waals surface area (Å²) in [5, 5.41) is 4.13. The molecule has 12 nitrogen and oxygen atoms in total. The Hall–Kier alpha value is -2.90. The lowest BCUT2D eigenvalue weighted by molar-refractivity contribution is 0.0383. The number of benzene rings is 7. The van der Waals surface area contributed by atoms with Crippen LogP contribution in [0.5, 0.6) is 0 Å². The summed E-state index contributed by atoms with van der Waals surface area (Å²) in [5.74, 6) is 1.27. The Morgan fingerprint density at radius 3 is 0.622 bits per heavy atom. The lowest BCUT2D eigenvalue weighted by Crippen LogP contribution is -2.92. The molecule has 0 unspecified atom stereocenters. The molecule has 82 heavy (non-hydrogen) atoms. The van der Waals surface area contributed by atoms with Crippen LogP contribution in [0.3, 0.4) is 0 Å². The molecular formula is C57H71Cl3O12Si10. The second-order valence-corrected chi connectivity index (χ2v) is 57.2. The molecule has 432 valence electrons. The number of rotatable bonds is 22. The van der Waals surface area contributed by atoms with Crippen LogP contribution in [-0.4, -0.2) is 104 Å². The summed E-state index contributed by atoms with van der Waals surface area (Å²) < 4.78 is 101. The van der Waals surface area contributed by atoms with Crippen molar-refractivity contribution in [2.45, 2.75) is 76.7 Å². The Labute approximate surface area is 509 Å². The summed E-state index contributed by atoms with van der Waals surface area (Å²) in [5.41, 5.74) is 0. The summed E-state index contributed by atoms with van der Waals surface area (Å²) in [4.78, 5) is 0. The SMILES string of the molecule is C[Si](C)(CCCCl)O[Si]1(c2ccccc2)O[Si]2(c3ccccc3)O[Si](O[Si](C)(C)CCCCl)(c3ccccc3)O[Si]3(c4ccccc4)O[Si](O[Si](C)(C)CCCCl)(c4ccccc4)O[Si](c4ccccc4)(O1)O[Si](c1ccccc1)(O2)O3. The minimum atomic E-state index is -4.96. The average molecular weight is 1340 g/mol. The fraction of sp³-hybridized carbons (Fsp3) is 0.263. The van der Waals surface area contributed by atoms with Gasteiger partial charge in [0.25, 0.3) is 0 Å². The second kappa shape index (κ2) is 25.8. The van der Waals surface area contributed by atoms with E-state index in [0.29, 0.717) is 91.3 Å². The first-order chi connectivity index (χ1) is 39.4. The molecule has 0 N–H and O–H groups in total. The smallest absolute Gasteiger partial charge is 0.413 e. The van der Waals surface area contributed by atoms with E-state index in [1.807, 2.05) is 212 Å². The Morgan fingerprint density at radius 2 is 0.439 bits per heavy atom. The molecule has 3 aliphatic heterocycles. The Kier molecular flexibility index (Phi) is 19.6. The van der Waals surface area contributed by atoms with Crippen molar-refractivity contribution in [3.8, 4) is 0 Å². The monoisotopic (exact) mass is 1330 g/mol. The van der Waals surface area contributed by atoms with Gasteiger partial charge in [-0.05, 0) is 76.7 Å². The molecule has 3 saturated heterocycles. The third kappa shape index (κ3) is 13.5. The van der Waals surface area contributed by atoms with E-state index in [2.05, 4.69) is 39.3 Å². The maximum absolute atomic E-state index is 8.52. The van der Waals surface area contributed by atoms with Crippen molar-refractivity contribution < 1.29 is 49.4 Å². The van der Waals surface area contributed by atoms with Gasteiger partial charge < -0.3 is 49.4 Å². The van der Waals surface area contributed by atoms with Gasteiger partial charge in [0.1, 0.15) is 0 Å². The highest BCUT2D eigenvalue weighted by molar-refractivity contribution is 7.11. The van der Waals surface area contributed by atoms with Crippen LogP contribution in [-0.2, 0) is 49.4 Å². The lowest BCUT2D eigenvalue weighted by Gasteiger charge is -2.59. The fourth-order valence-electron chi connectivity index (χ4n) is 10.5. The van der Waals surface area contributed by atoms with Gasteiger partial charge in [0.05, 0.1) is 0 Å². The van der Waals surface area contributed by atoms with Crippen LogP contribution < -0.4 is 36.3 Å². The van der Waals surface area contributed by atoms with Crippen molar-refractivity contribution in [2.75, 3.05) is 17.6 Å². The van der Waals surface area contributed by atoms with Crippen molar-refractivity contribution in [1.29, 1.82) is 0 Å². The van der Waals surface area contributed by atoms with E-state index >= 15 is 0 Å². The fourth-order valence-corrected chi connectivity index (χ4v) is 62.8. The average Bonchev–Trinajstić information content (AvgIpc) is 0.883. The first-order valence-electron chi connectivity index (χ1n) is 27.9. The van der Waals surface area contributed by atoms with E-state index < -0.39 is 86.6 Å². The van der Waals surface area contributed by atoms with Gasteiger partial charge in [-0.1, -0.05) is 212 Å². The molecule has 0 saturated carbocycles. The number of alkyl halides is 3. The van der Waals surface area contributed by atoms with Gasteiger partial charge in [-0.3, -0.25) is 0 Å². The minimum Gasteiger partial charge on any atom is -0.413 e. The first-order valence-corrected chi connectivity index (χ1v) is 50.9. The maximum atomic E-state index is 8.52. The molecule has 4 bridgehead atoms. The molecule has 0 amide bonds. The van der Waals surface area contributed by atoms with E-state index in [9.17, 15) is 0 Å². The summed E-state index contributed by atoms with van der Waals surface area (Å²) in [6.45, 7) is 13.0.